The number of nitrogens with zero attached hydrogens (tertiary/aromatic N) is 4. The number of hydrogen-bond donors (Lipinski definition) is 1. The number of amides is 1. The molecular formula is C25H30F2N5O4+. The first-order valence-electron chi connectivity index (χ1n) is 11.6. The Morgan fingerprint density at radius 1 is 1.19 bits per heavy atom. The minimum absolute atomic E-state index is 0.0693. The summed E-state index contributed by atoms with van der Waals surface area (Å²) in [4.78, 5) is 14.0. The Hall–Kier alpha value is -3.57. The lowest BCUT2D eigenvalue weighted by molar-refractivity contribution is -0.897. The molecule has 2 aliphatic rings. The van der Waals surface area contributed by atoms with E-state index in [0.717, 1.165) is 11.1 Å². The van der Waals surface area contributed by atoms with E-state index in [2.05, 4.69) is 15.7 Å². The van der Waals surface area contributed by atoms with Crippen LogP contribution >= 0.6 is 0 Å². The Morgan fingerprint density at radius 3 is 2.64 bits per heavy atom. The third kappa shape index (κ3) is 5.31. The summed E-state index contributed by atoms with van der Waals surface area (Å²) in [7, 11) is 4.74. The molecule has 4 rings (SSSR count). The smallest absolute Gasteiger partial charge is 0.414 e. The molecule has 36 heavy (non-hydrogen) atoms. The van der Waals surface area contributed by atoms with Crippen LogP contribution in [0.15, 0.2) is 64.6 Å². The van der Waals surface area contributed by atoms with Crippen molar-refractivity contribution in [1.29, 1.82) is 0 Å². The van der Waals surface area contributed by atoms with Gasteiger partial charge >= 0.3 is 17.9 Å². The van der Waals surface area contributed by atoms with Gasteiger partial charge in [0.1, 0.15) is 12.9 Å². The molecule has 2 heterocycles. The van der Waals surface area contributed by atoms with Crippen LogP contribution in [0.25, 0.3) is 11.1 Å². The van der Waals surface area contributed by atoms with Crippen molar-refractivity contribution in [3.8, 4) is 11.1 Å². The monoisotopic (exact) mass is 502 g/mol. The molecule has 11 heteroatoms. The average molecular weight is 503 g/mol. The lowest BCUT2D eigenvalue weighted by Gasteiger charge is -2.24. The number of methoxy groups -OCH3 is 2. The SMILES string of the molecule is COC1=C(OC)[N+](C)(C[C@H]2CN(c3ccc(-c4ccc(CNCCCF)cc4)c(F)c3)C(=O)O2)N=N1. The number of hydrogen-bond acceptors (Lipinski definition) is 7. The van der Waals surface area contributed by atoms with E-state index in [4.69, 9.17) is 14.2 Å². The van der Waals surface area contributed by atoms with Gasteiger partial charge in [0.2, 0.25) is 0 Å². The zero-order valence-electron chi connectivity index (χ0n) is 20.5. The van der Waals surface area contributed by atoms with Crippen LogP contribution in [0.3, 0.4) is 0 Å². The maximum absolute atomic E-state index is 15.1. The summed E-state index contributed by atoms with van der Waals surface area (Å²) < 4.78 is 43.3. The highest BCUT2D eigenvalue weighted by atomic mass is 19.1. The van der Waals surface area contributed by atoms with E-state index in [9.17, 15) is 9.18 Å². The summed E-state index contributed by atoms with van der Waals surface area (Å²) in [6.45, 7) is 1.38. The van der Waals surface area contributed by atoms with Gasteiger partial charge < -0.3 is 19.5 Å². The lowest BCUT2D eigenvalue weighted by Crippen LogP contribution is -2.44. The van der Waals surface area contributed by atoms with E-state index in [0.29, 0.717) is 36.6 Å². The zero-order valence-corrected chi connectivity index (χ0v) is 20.5. The molecule has 2 aromatic rings. The first-order chi connectivity index (χ1) is 17.4. The van der Waals surface area contributed by atoms with Crippen LogP contribution in [0, 0.1) is 5.82 Å². The molecule has 2 atom stereocenters. The fourth-order valence-corrected chi connectivity index (χ4v) is 4.32. The Morgan fingerprint density at radius 2 is 1.97 bits per heavy atom. The van der Waals surface area contributed by atoms with Crippen LogP contribution in [-0.2, 0) is 20.8 Å². The number of ether oxygens (including phenoxy) is 3. The van der Waals surface area contributed by atoms with Crippen LogP contribution in [0.2, 0.25) is 0 Å². The maximum Gasteiger partial charge on any atom is 0.414 e. The molecule has 0 radical (unpaired) electrons. The highest BCUT2D eigenvalue weighted by molar-refractivity contribution is 5.90. The fraction of sp³-hybridized carbons (Fsp3) is 0.400. The van der Waals surface area contributed by atoms with Gasteiger partial charge in [-0.25, -0.2) is 9.18 Å². The second-order valence-corrected chi connectivity index (χ2v) is 8.73. The number of likely N-dealkylation sites (N-methyl/N-ethyl adjacent to an activating group) is 1. The second kappa shape index (κ2) is 11.0. The van der Waals surface area contributed by atoms with Crippen molar-refractivity contribution in [2.45, 2.75) is 19.1 Å². The summed E-state index contributed by atoms with van der Waals surface area (Å²) >= 11 is 0. The van der Waals surface area contributed by atoms with Gasteiger partial charge in [-0.05, 0) is 42.3 Å². The lowest BCUT2D eigenvalue weighted by atomic mass is 10.0. The van der Waals surface area contributed by atoms with Gasteiger partial charge in [0, 0.05) is 17.3 Å². The third-order valence-corrected chi connectivity index (χ3v) is 6.12. The average Bonchev–Trinajstić information content (AvgIpc) is 3.40. The highest BCUT2D eigenvalue weighted by Gasteiger charge is 2.46. The largest absolute Gasteiger partial charge is 0.473 e. The van der Waals surface area contributed by atoms with Crippen molar-refractivity contribution in [2.24, 2.45) is 10.3 Å². The van der Waals surface area contributed by atoms with Crippen molar-refractivity contribution in [3.05, 3.63) is 65.6 Å². The summed E-state index contributed by atoms with van der Waals surface area (Å²) in [5.41, 5.74) is 2.58. The molecule has 9 nitrogen and oxygen atoms in total. The van der Waals surface area contributed by atoms with Gasteiger partial charge in [-0.15, -0.1) is 4.59 Å². The third-order valence-electron chi connectivity index (χ3n) is 6.12. The molecule has 0 aliphatic carbocycles. The Kier molecular flexibility index (Phi) is 7.80. The summed E-state index contributed by atoms with van der Waals surface area (Å²) in [5, 5.41) is 11.3. The summed E-state index contributed by atoms with van der Waals surface area (Å²) in [5.74, 6) is 0.225. The molecule has 1 fully saturated rings. The number of benzene rings is 2. The van der Waals surface area contributed by atoms with Gasteiger partial charge in [-0.2, -0.15) is 0 Å². The molecule has 1 N–H and O–H groups in total. The predicted octanol–water partition coefficient (Wildman–Crippen LogP) is 4.51. The van der Waals surface area contributed by atoms with Gasteiger partial charge in [-0.1, -0.05) is 29.4 Å². The van der Waals surface area contributed by atoms with Crippen molar-refractivity contribution in [3.63, 3.8) is 0 Å². The Bertz CT molecular complexity index is 1160. The molecule has 2 aromatic carbocycles. The van der Waals surface area contributed by atoms with Crippen LogP contribution in [0.1, 0.15) is 12.0 Å². The molecule has 2 aliphatic heterocycles. The van der Waals surface area contributed by atoms with E-state index >= 15 is 4.39 Å². The summed E-state index contributed by atoms with van der Waals surface area (Å²) in [6.07, 6.45) is -0.601. The minimum Gasteiger partial charge on any atom is -0.473 e. The number of carbonyl (C=O) groups is 1. The van der Waals surface area contributed by atoms with Crippen LogP contribution in [-0.4, -0.2) is 64.4 Å². The highest BCUT2D eigenvalue weighted by Crippen LogP contribution is 2.33. The van der Waals surface area contributed by atoms with Crippen molar-refractivity contribution in [1.82, 2.24) is 5.32 Å². The number of carbonyl (C=O) groups excluding carboxylic acids is 1. The van der Waals surface area contributed by atoms with E-state index in [1.807, 2.05) is 24.3 Å². The molecule has 1 amide bonds. The zero-order chi connectivity index (χ0) is 25.7. The first-order valence-corrected chi connectivity index (χ1v) is 11.6. The number of halogens is 2. The number of alkyl halides is 1. The van der Waals surface area contributed by atoms with Gasteiger partial charge in [0.25, 0.3) is 0 Å². The van der Waals surface area contributed by atoms with Crippen molar-refractivity contribution in [2.75, 3.05) is 52.5 Å². The van der Waals surface area contributed by atoms with E-state index < -0.39 is 18.0 Å². The molecule has 1 unspecified atom stereocenters. The minimum atomic E-state index is -0.561. The first kappa shape index (κ1) is 25.5. The van der Waals surface area contributed by atoms with Crippen molar-refractivity contribution >= 4 is 11.8 Å². The molecule has 0 spiro atoms. The van der Waals surface area contributed by atoms with E-state index in [1.165, 1.54) is 25.2 Å². The molecule has 0 aromatic heterocycles. The molecule has 1 saturated heterocycles. The summed E-state index contributed by atoms with van der Waals surface area (Å²) in [6, 6.07) is 12.2. The number of nitrogens with one attached hydrogen (secondary N) is 1. The van der Waals surface area contributed by atoms with Gasteiger partial charge in [-0.3, -0.25) is 9.29 Å². The molecular weight excluding hydrogens is 472 g/mol. The number of anilines is 1. The number of cyclic esters (lactones) is 1. The standard InChI is InChI=1S/C25H30F2N5O4/c1-32(24(35-3)23(34-2)29-30-32)16-20-15-31(25(33)36-20)19-9-10-21(22(27)13-19)18-7-5-17(6-8-18)14-28-12-4-11-26/h5-10,13,20,28H,4,11-12,14-16H2,1-3H3/q+1/t20-,32?/m1/s1. The van der Waals surface area contributed by atoms with Gasteiger partial charge in [0.05, 0.1) is 33.1 Å². The van der Waals surface area contributed by atoms with Crippen LogP contribution in [0.4, 0.5) is 19.3 Å². The van der Waals surface area contributed by atoms with E-state index in [-0.39, 0.29) is 30.2 Å². The molecule has 192 valence electrons. The Balaban J connectivity index is 1.42. The van der Waals surface area contributed by atoms with Crippen LogP contribution < -0.4 is 10.2 Å². The maximum atomic E-state index is 15.1. The van der Waals surface area contributed by atoms with Crippen LogP contribution in [0.5, 0.6) is 0 Å². The fourth-order valence-electron chi connectivity index (χ4n) is 4.32. The predicted molar refractivity (Wildman–Crippen MR) is 129 cm³/mol. The molecule has 0 saturated carbocycles. The second-order valence-electron chi connectivity index (χ2n) is 8.73. The van der Waals surface area contributed by atoms with Gasteiger partial charge in [0.15, 0.2) is 12.6 Å². The number of rotatable bonds is 11. The normalized spacial score (nSPS) is 21.3. The molecule has 0 bridgehead atoms. The topological polar surface area (TPSA) is 84.8 Å². The quantitative estimate of drug-likeness (QED) is 0.361. The Labute approximate surface area is 208 Å². The number of quaternary nitrogens is 1. The van der Waals surface area contributed by atoms with E-state index in [1.54, 1.807) is 19.2 Å². The van der Waals surface area contributed by atoms with Crippen molar-refractivity contribution < 1.29 is 32.4 Å².